The van der Waals surface area contributed by atoms with Gasteiger partial charge in [0.25, 0.3) is 5.91 Å². The van der Waals surface area contributed by atoms with Crippen LogP contribution >= 0.6 is 0 Å². The molecule has 0 spiro atoms. The molecule has 3 aliphatic rings. The summed E-state index contributed by atoms with van der Waals surface area (Å²) in [5.74, 6) is 0.564. The maximum Gasteiger partial charge on any atom is 0.407 e. The van der Waals surface area contributed by atoms with Gasteiger partial charge in [-0.15, -0.1) is 0 Å². The Morgan fingerprint density at radius 2 is 1.66 bits per heavy atom. The number of hydrogen-bond donors (Lipinski definition) is 2. The Balaban J connectivity index is 1.11. The molecule has 2 aromatic carbocycles. The quantitative estimate of drug-likeness (QED) is 0.327. The van der Waals surface area contributed by atoms with Crippen molar-refractivity contribution in [1.29, 1.82) is 0 Å². The van der Waals surface area contributed by atoms with Gasteiger partial charge < -0.3 is 29.4 Å². The number of nitrogens with one attached hydrogen (secondary N) is 1. The van der Waals surface area contributed by atoms with Gasteiger partial charge >= 0.3 is 6.09 Å². The Bertz CT molecular complexity index is 1530. The number of benzene rings is 2. The van der Waals surface area contributed by atoms with Crippen LogP contribution in [0.1, 0.15) is 57.9 Å². The summed E-state index contributed by atoms with van der Waals surface area (Å²) in [5, 5.41) is 16.2. The minimum absolute atomic E-state index is 0.0957. The maximum absolute atomic E-state index is 14.2. The fraction of sp³-hybridized carbons (Fsp3) is 0.500. The van der Waals surface area contributed by atoms with E-state index in [1.807, 2.05) is 36.7 Å². The van der Waals surface area contributed by atoms with Crippen LogP contribution in [0, 0.1) is 5.92 Å². The van der Waals surface area contributed by atoms with E-state index in [9.17, 15) is 19.5 Å². The van der Waals surface area contributed by atoms with Gasteiger partial charge in [-0.05, 0) is 62.8 Å². The van der Waals surface area contributed by atoms with Crippen LogP contribution in [0.3, 0.4) is 0 Å². The van der Waals surface area contributed by atoms with Crippen LogP contribution in [0.25, 0.3) is 11.1 Å². The van der Waals surface area contributed by atoms with Gasteiger partial charge in [0.1, 0.15) is 5.75 Å². The van der Waals surface area contributed by atoms with Crippen LogP contribution in [0.2, 0.25) is 0 Å². The highest BCUT2D eigenvalue weighted by atomic mass is 16.5. The second-order valence-corrected chi connectivity index (χ2v) is 13.5. The van der Waals surface area contributed by atoms with Crippen molar-refractivity contribution in [3.63, 3.8) is 0 Å². The Kier molecular flexibility index (Phi) is 9.70. The van der Waals surface area contributed by atoms with Crippen LogP contribution in [0.4, 0.5) is 10.5 Å². The number of nitrogens with zero attached hydrogens (tertiary/aromatic N) is 5. The van der Waals surface area contributed by atoms with Gasteiger partial charge in [0, 0.05) is 75.4 Å². The third kappa shape index (κ3) is 7.55. The van der Waals surface area contributed by atoms with E-state index in [2.05, 4.69) is 44.3 Å². The first-order valence-electron chi connectivity index (χ1n) is 16.9. The van der Waals surface area contributed by atoms with Crippen molar-refractivity contribution < 1.29 is 24.2 Å². The second kappa shape index (κ2) is 14.1. The second-order valence-electron chi connectivity index (χ2n) is 13.5. The number of aromatic amines is 1. The van der Waals surface area contributed by atoms with E-state index in [0.29, 0.717) is 31.9 Å². The van der Waals surface area contributed by atoms with Gasteiger partial charge in [0.15, 0.2) is 5.60 Å². The number of piperazine rings is 1. The first-order chi connectivity index (χ1) is 22.7. The SMILES string of the molecule is CC(C)(Oc1cccc(N2CCCC(C(=O)N(Cc3ccc(-c4cn[nH]c4)cc3)C3CCCC3)C2)c1)C(=O)N1CCN(C(=O)O)CC1. The van der Waals surface area contributed by atoms with Crippen LogP contribution < -0.4 is 9.64 Å². The number of carbonyl (C=O) groups excluding carboxylic acids is 2. The third-order valence-corrected chi connectivity index (χ3v) is 9.87. The van der Waals surface area contributed by atoms with Crippen molar-refractivity contribution in [1.82, 2.24) is 24.9 Å². The minimum atomic E-state index is -1.12. The minimum Gasteiger partial charge on any atom is -0.478 e. The summed E-state index contributed by atoms with van der Waals surface area (Å²) in [6, 6.07) is 16.5. The molecule has 3 amide bonds. The van der Waals surface area contributed by atoms with E-state index >= 15 is 0 Å². The van der Waals surface area contributed by atoms with E-state index < -0.39 is 11.7 Å². The number of amides is 3. The maximum atomic E-state index is 14.2. The number of H-pyrrole nitrogens is 1. The smallest absolute Gasteiger partial charge is 0.407 e. The lowest BCUT2D eigenvalue weighted by Gasteiger charge is -2.39. The van der Waals surface area contributed by atoms with Gasteiger partial charge in [-0.2, -0.15) is 5.10 Å². The molecule has 3 heterocycles. The first kappa shape index (κ1) is 32.4. The van der Waals surface area contributed by atoms with Crippen molar-refractivity contribution in [3.05, 3.63) is 66.5 Å². The molecule has 11 nitrogen and oxygen atoms in total. The summed E-state index contributed by atoms with van der Waals surface area (Å²) in [6.07, 6.45) is 8.95. The lowest BCUT2D eigenvalue weighted by Crippen LogP contribution is -2.56. The molecule has 250 valence electrons. The number of carboxylic acid groups (broad SMARTS) is 1. The van der Waals surface area contributed by atoms with Crippen molar-refractivity contribution in [2.45, 2.75) is 70.6 Å². The van der Waals surface area contributed by atoms with Crippen molar-refractivity contribution in [2.75, 3.05) is 44.2 Å². The monoisotopic (exact) mass is 642 g/mol. The number of aromatic nitrogens is 2. The number of carbonyl (C=O) groups is 3. The van der Waals surface area contributed by atoms with E-state index in [-0.39, 0.29) is 36.9 Å². The fourth-order valence-corrected chi connectivity index (χ4v) is 7.22. The van der Waals surface area contributed by atoms with E-state index in [1.54, 1.807) is 18.7 Å². The average Bonchev–Trinajstić information content (AvgIpc) is 3.83. The number of anilines is 1. The third-order valence-electron chi connectivity index (χ3n) is 9.87. The van der Waals surface area contributed by atoms with Gasteiger partial charge in [0.05, 0.1) is 12.1 Å². The molecule has 2 N–H and O–H groups in total. The molecule has 1 unspecified atom stereocenters. The van der Waals surface area contributed by atoms with Crippen molar-refractivity contribution in [3.8, 4) is 16.9 Å². The molecule has 1 saturated carbocycles. The lowest BCUT2D eigenvalue weighted by atomic mass is 9.94. The van der Waals surface area contributed by atoms with Crippen molar-refractivity contribution in [2.24, 2.45) is 5.92 Å². The molecule has 0 radical (unpaired) electrons. The molecule has 1 aromatic heterocycles. The van der Waals surface area contributed by atoms with Gasteiger partial charge in [-0.25, -0.2) is 4.79 Å². The Morgan fingerprint density at radius 1 is 0.936 bits per heavy atom. The molecule has 1 atom stereocenters. The Morgan fingerprint density at radius 3 is 2.34 bits per heavy atom. The average molecular weight is 643 g/mol. The summed E-state index contributed by atoms with van der Waals surface area (Å²) in [6.45, 7) is 6.88. The Labute approximate surface area is 276 Å². The molecule has 2 saturated heterocycles. The molecule has 3 aromatic rings. The topological polar surface area (TPSA) is 122 Å². The summed E-state index contributed by atoms with van der Waals surface area (Å²) < 4.78 is 6.27. The summed E-state index contributed by atoms with van der Waals surface area (Å²) in [7, 11) is 0. The summed E-state index contributed by atoms with van der Waals surface area (Å²) >= 11 is 0. The van der Waals surface area contributed by atoms with E-state index in [0.717, 1.165) is 67.4 Å². The van der Waals surface area contributed by atoms with Crippen molar-refractivity contribution >= 4 is 23.6 Å². The van der Waals surface area contributed by atoms with Gasteiger partial charge in [-0.3, -0.25) is 14.7 Å². The summed E-state index contributed by atoms with van der Waals surface area (Å²) in [5.41, 5.74) is 3.13. The molecule has 0 bridgehead atoms. The predicted octanol–water partition coefficient (Wildman–Crippen LogP) is 5.24. The molecule has 47 heavy (non-hydrogen) atoms. The highest BCUT2D eigenvalue weighted by Gasteiger charge is 2.37. The zero-order valence-corrected chi connectivity index (χ0v) is 27.4. The van der Waals surface area contributed by atoms with Crippen LogP contribution in [-0.4, -0.2) is 98.8 Å². The predicted molar refractivity (Wildman–Crippen MR) is 179 cm³/mol. The van der Waals surface area contributed by atoms with E-state index in [4.69, 9.17) is 4.74 Å². The largest absolute Gasteiger partial charge is 0.478 e. The molecular weight excluding hydrogens is 596 g/mol. The van der Waals surface area contributed by atoms with Crippen LogP contribution in [0.15, 0.2) is 60.9 Å². The number of rotatable bonds is 9. The lowest BCUT2D eigenvalue weighted by molar-refractivity contribution is -0.147. The molecular formula is C36H46N6O5. The van der Waals surface area contributed by atoms with Gasteiger partial charge in [0.2, 0.25) is 5.91 Å². The number of hydrogen-bond acceptors (Lipinski definition) is 6. The zero-order valence-electron chi connectivity index (χ0n) is 27.4. The molecule has 2 aliphatic heterocycles. The zero-order chi connectivity index (χ0) is 33.0. The van der Waals surface area contributed by atoms with Crippen LogP contribution in [-0.2, 0) is 16.1 Å². The highest BCUT2D eigenvalue weighted by molar-refractivity contribution is 5.85. The number of ether oxygens (including phenoxy) is 1. The van der Waals surface area contributed by atoms with Gasteiger partial charge in [-0.1, -0.05) is 43.2 Å². The fourth-order valence-electron chi connectivity index (χ4n) is 7.22. The Hall–Kier alpha value is -4.54. The molecule has 11 heteroatoms. The summed E-state index contributed by atoms with van der Waals surface area (Å²) in [4.78, 5) is 46.3. The normalized spacial score (nSPS) is 19.1. The molecule has 1 aliphatic carbocycles. The van der Waals surface area contributed by atoms with E-state index in [1.165, 1.54) is 4.90 Å². The van der Waals surface area contributed by atoms with Crippen LogP contribution in [0.5, 0.6) is 5.75 Å². The highest BCUT2D eigenvalue weighted by Crippen LogP contribution is 2.32. The molecule has 3 fully saturated rings. The molecule has 6 rings (SSSR count). The standard InChI is InChI=1S/C36H46N6O5/c1-36(2,34(44)39-17-19-40(20-18-39)35(45)46)47-32-11-5-10-31(21-32)41-16-6-7-28(25-41)33(43)42(30-8-3-4-9-30)24-26-12-14-27(15-13-26)29-22-37-38-23-29/h5,10-15,21-23,28,30H,3-4,6-9,16-20,24-25H2,1-2H3,(H,37,38)(H,45,46). The number of piperidine rings is 1. The first-order valence-corrected chi connectivity index (χ1v) is 16.9.